The molecule has 3 N–H and O–H groups in total. The monoisotopic (exact) mass is 421 g/mol. The van der Waals surface area contributed by atoms with Crippen molar-refractivity contribution in [3.8, 4) is 0 Å². The largest absolute Gasteiger partial charge is 0.383 e. The van der Waals surface area contributed by atoms with Crippen LogP contribution in [0.25, 0.3) is 0 Å². The summed E-state index contributed by atoms with van der Waals surface area (Å²) < 4.78 is 0. The molecule has 0 saturated carbocycles. The van der Waals surface area contributed by atoms with Gasteiger partial charge in [-0.3, -0.25) is 9.69 Å². The molecule has 0 bridgehead atoms. The highest BCUT2D eigenvalue weighted by Crippen LogP contribution is 2.27. The lowest BCUT2D eigenvalue weighted by Crippen LogP contribution is -2.37. The molecule has 6 nitrogen and oxygen atoms in total. The van der Waals surface area contributed by atoms with Crippen LogP contribution < -0.4 is 16.0 Å². The molecule has 1 amide bonds. The van der Waals surface area contributed by atoms with E-state index in [9.17, 15) is 4.79 Å². The van der Waals surface area contributed by atoms with Crippen LogP contribution in [0.1, 0.15) is 28.4 Å². The Balaban J connectivity index is 1.98. The number of hydrogen-bond acceptors (Lipinski definition) is 5. The summed E-state index contributed by atoms with van der Waals surface area (Å²) in [6.45, 7) is 9.96. The fourth-order valence-corrected chi connectivity index (χ4v) is 3.45. The molecule has 1 atom stereocenters. The lowest BCUT2D eigenvalue weighted by molar-refractivity contribution is 0.0992. The van der Waals surface area contributed by atoms with Crippen LogP contribution in [0.15, 0.2) is 66.9 Å². The molecule has 3 aromatic rings. The molecule has 3 rings (SSSR count). The van der Waals surface area contributed by atoms with Gasteiger partial charge in [0.1, 0.15) is 11.6 Å². The average Bonchev–Trinajstić information content (AvgIpc) is 2.68. The number of carbonyl (C=O) groups is 1. The Morgan fingerprint density at radius 1 is 1.10 bits per heavy atom. The van der Waals surface area contributed by atoms with E-state index in [0.29, 0.717) is 17.1 Å². The third-order valence-electron chi connectivity index (χ3n) is 4.78. The highest BCUT2D eigenvalue weighted by molar-refractivity contribution is 6.28. The molecule has 2 aromatic carbocycles. The van der Waals surface area contributed by atoms with Crippen LogP contribution in [0.5, 0.6) is 0 Å². The standard InChI is InChI=1S/C23H24ClN5O/c1-14-9-8-10-15(2)21(14)22(30)29(18-11-6-5-7-12-18)17(4)16(3)26-20-13-19(25)27-23(24)28-20/h5-13,16H,4H2,1-3H3,(H3,25,26,27,28)/t16-/m0/s1. The SMILES string of the molecule is C=C([C@H](C)Nc1cc(N)nc(Cl)n1)N(C(=O)c1c(C)cccc1C)c1ccccc1. The molecule has 1 heterocycles. The van der Waals surface area contributed by atoms with Crippen LogP contribution in [-0.2, 0) is 0 Å². The van der Waals surface area contributed by atoms with E-state index in [1.165, 1.54) is 0 Å². The van der Waals surface area contributed by atoms with Crippen LogP contribution in [0.2, 0.25) is 5.28 Å². The van der Waals surface area contributed by atoms with Gasteiger partial charge in [0.05, 0.1) is 6.04 Å². The van der Waals surface area contributed by atoms with Crippen molar-refractivity contribution in [2.24, 2.45) is 0 Å². The fraction of sp³-hybridized carbons (Fsp3) is 0.174. The number of hydrogen-bond donors (Lipinski definition) is 2. The van der Waals surface area contributed by atoms with Crippen molar-refractivity contribution in [2.75, 3.05) is 16.0 Å². The second kappa shape index (κ2) is 8.97. The maximum Gasteiger partial charge on any atom is 0.263 e. The number of carbonyl (C=O) groups excluding carboxylic acids is 1. The van der Waals surface area contributed by atoms with Crippen molar-refractivity contribution >= 4 is 34.8 Å². The van der Waals surface area contributed by atoms with Gasteiger partial charge in [0.25, 0.3) is 5.91 Å². The summed E-state index contributed by atoms with van der Waals surface area (Å²) >= 11 is 5.91. The van der Waals surface area contributed by atoms with Crippen LogP contribution in [-0.4, -0.2) is 21.9 Å². The number of amides is 1. The first kappa shape index (κ1) is 21.3. The predicted molar refractivity (Wildman–Crippen MR) is 123 cm³/mol. The smallest absolute Gasteiger partial charge is 0.263 e. The van der Waals surface area contributed by atoms with E-state index in [-0.39, 0.29) is 23.1 Å². The molecular weight excluding hydrogens is 398 g/mol. The number of nitrogens with one attached hydrogen (secondary N) is 1. The lowest BCUT2D eigenvalue weighted by atomic mass is 10.0. The van der Waals surface area contributed by atoms with Crippen LogP contribution in [0.3, 0.4) is 0 Å². The van der Waals surface area contributed by atoms with Crippen molar-refractivity contribution in [1.82, 2.24) is 9.97 Å². The molecule has 0 spiro atoms. The zero-order chi connectivity index (χ0) is 21.8. The zero-order valence-electron chi connectivity index (χ0n) is 17.2. The van der Waals surface area contributed by atoms with Crippen molar-refractivity contribution in [1.29, 1.82) is 0 Å². The Bertz CT molecular complexity index is 1040. The maximum atomic E-state index is 13.7. The van der Waals surface area contributed by atoms with Crippen LogP contribution in [0, 0.1) is 13.8 Å². The summed E-state index contributed by atoms with van der Waals surface area (Å²) in [5, 5.41) is 3.24. The van der Waals surface area contributed by atoms with E-state index in [2.05, 4.69) is 21.9 Å². The number of aromatic nitrogens is 2. The maximum absolute atomic E-state index is 13.7. The van der Waals surface area contributed by atoms with Gasteiger partial charge in [-0.1, -0.05) is 43.0 Å². The highest BCUT2D eigenvalue weighted by atomic mass is 35.5. The molecule has 154 valence electrons. The Kier molecular flexibility index (Phi) is 6.37. The number of nitrogen functional groups attached to an aromatic ring is 1. The molecule has 0 fully saturated rings. The molecule has 0 unspecified atom stereocenters. The highest BCUT2D eigenvalue weighted by Gasteiger charge is 2.26. The summed E-state index contributed by atoms with van der Waals surface area (Å²) in [5.41, 5.74) is 9.51. The fourth-order valence-electron chi connectivity index (χ4n) is 3.26. The molecule has 0 radical (unpaired) electrons. The van der Waals surface area contributed by atoms with Crippen molar-refractivity contribution in [2.45, 2.75) is 26.8 Å². The van der Waals surface area contributed by atoms with Crippen LogP contribution in [0.4, 0.5) is 17.3 Å². The van der Waals surface area contributed by atoms with Gasteiger partial charge in [0.15, 0.2) is 0 Å². The Morgan fingerprint density at radius 2 is 1.73 bits per heavy atom. The van der Waals surface area contributed by atoms with Gasteiger partial charge in [-0.05, 0) is 55.6 Å². The first-order chi connectivity index (χ1) is 14.3. The van der Waals surface area contributed by atoms with Crippen molar-refractivity contribution < 1.29 is 4.79 Å². The first-order valence-electron chi connectivity index (χ1n) is 9.49. The summed E-state index contributed by atoms with van der Waals surface area (Å²) in [4.78, 5) is 23.3. The molecule has 30 heavy (non-hydrogen) atoms. The van der Waals surface area contributed by atoms with E-state index in [0.717, 1.165) is 16.8 Å². The quantitative estimate of drug-likeness (QED) is 0.547. The summed E-state index contributed by atoms with van der Waals surface area (Å²) in [6.07, 6.45) is 0. The minimum atomic E-state index is -0.344. The first-order valence-corrected chi connectivity index (χ1v) is 9.87. The molecule has 0 aliphatic heterocycles. The number of nitrogens with two attached hydrogens (primary N) is 1. The third-order valence-corrected chi connectivity index (χ3v) is 4.95. The summed E-state index contributed by atoms with van der Waals surface area (Å²) in [5.74, 6) is 0.561. The average molecular weight is 422 g/mol. The van der Waals surface area contributed by atoms with E-state index < -0.39 is 0 Å². The van der Waals surface area contributed by atoms with Gasteiger partial charge in [-0.15, -0.1) is 0 Å². The van der Waals surface area contributed by atoms with E-state index in [1.807, 2.05) is 69.3 Å². The van der Waals surface area contributed by atoms with E-state index in [4.69, 9.17) is 17.3 Å². The predicted octanol–water partition coefficient (Wildman–Crippen LogP) is 4.99. The Hall–Kier alpha value is -3.38. The molecule has 0 aliphatic carbocycles. The lowest BCUT2D eigenvalue weighted by Gasteiger charge is -2.30. The van der Waals surface area contributed by atoms with Crippen molar-refractivity contribution in [3.05, 3.63) is 88.8 Å². The van der Waals surface area contributed by atoms with Crippen LogP contribution >= 0.6 is 11.6 Å². The van der Waals surface area contributed by atoms with Crippen molar-refractivity contribution in [3.63, 3.8) is 0 Å². The number of rotatable bonds is 6. The van der Waals surface area contributed by atoms with E-state index >= 15 is 0 Å². The minimum Gasteiger partial charge on any atom is -0.383 e. The molecule has 0 aliphatic rings. The Labute approximate surface area is 181 Å². The number of para-hydroxylation sites is 1. The van der Waals surface area contributed by atoms with Gasteiger partial charge in [0, 0.05) is 23.0 Å². The molecule has 7 heteroatoms. The van der Waals surface area contributed by atoms with Gasteiger partial charge in [-0.2, -0.15) is 0 Å². The second-order valence-corrected chi connectivity index (χ2v) is 7.39. The second-order valence-electron chi connectivity index (χ2n) is 7.05. The topological polar surface area (TPSA) is 84.1 Å². The molecule has 0 saturated heterocycles. The van der Waals surface area contributed by atoms with Gasteiger partial charge >= 0.3 is 0 Å². The minimum absolute atomic E-state index is 0.0434. The van der Waals surface area contributed by atoms with Gasteiger partial charge in [-0.25, -0.2) is 9.97 Å². The number of halogens is 1. The number of nitrogens with zero attached hydrogens (tertiary/aromatic N) is 3. The third kappa shape index (κ3) is 4.60. The number of anilines is 3. The molecule has 1 aromatic heterocycles. The number of aryl methyl sites for hydroxylation is 2. The number of benzene rings is 2. The normalized spacial score (nSPS) is 11.6. The van der Waals surface area contributed by atoms with E-state index in [1.54, 1.807) is 11.0 Å². The zero-order valence-corrected chi connectivity index (χ0v) is 17.9. The van der Waals surface area contributed by atoms with Gasteiger partial charge in [0.2, 0.25) is 5.28 Å². The summed E-state index contributed by atoms with van der Waals surface area (Å²) in [7, 11) is 0. The molecular formula is C23H24ClN5O. The Morgan fingerprint density at radius 3 is 2.33 bits per heavy atom. The van der Waals surface area contributed by atoms with Gasteiger partial charge < -0.3 is 11.1 Å². The summed E-state index contributed by atoms with van der Waals surface area (Å²) in [6, 6.07) is 16.5.